The van der Waals surface area contributed by atoms with Crippen molar-refractivity contribution < 1.29 is 13.2 Å². The first-order chi connectivity index (χ1) is 11.7. The molecule has 3 N–H and O–H groups in total. The number of nitrogens with one attached hydrogen (secondary N) is 3. The first-order valence-corrected chi connectivity index (χ1v) is 10.3. The summed E-state index contributed by atoms with van der Waals surface area (Å²) in [5.41, 5.74) is 0.589. The molecule has 140 valence electrons. The molecule has 1 aromatic carbocycles. The van der Waals surface area contributed by atoms with Gasteiger partial charge in [0.05, 0.1) is 4.90 Å². The van der Waals surface area contributed by atoms with E-state index in [1.807, 2.05) is 13.8 Å². The van der Waals surface area contributed by atoms with Crippen LogP contribution in [0.2, 0.25) is 0 Å². The second-order valence-corrected chi connectivity index (χ2v) is 9.28. The third-order valence-electron chi connectivity index (χ3n) is 4.59. The fourth-order valence-corrected chi connectivity index (χ4v) is 3.96. The van der Waals surface area contributed by atoms with Gasteiger partial charge in [-0.05, 0) is 61.5 Å². The van der Waals surface area contributed by atoms with Gasteiger partial charge >= 0.3 is 0 Å². The van der Waals surface area contributed by atoms with Crippen molar-refractivity contribution in [3.63, 3.8) is 0 Å². The quantitative estimate of drug-likeness (QED) is 0.685. The number of rotatable bonds is 7. The van der Waals surface area contributed by atoms with Crippen LogP contribution in [0.15, 0.2) is 29.2 Å². The van der Waals surface area contributed by atoms with Gasteiger partial charge in [-0.1, -0.05) is 20.8 Å². The van der Waals surface area contributed by atoms with Gasteiger partial charge in [0.1, 0.15) is 0 Å². The molecule has 0 spiro atoms. The van der Waals surface area contributed by atoms with Gasteiger partial charge in [-0.2, -0.15) is 0 Å². The lowest BCUT2D eigenvalue weighted by Crippen LogP contribution is -2.42. The van der Waals surface area contributed by atoms with Gasteiger partial charge < -0.3 is 10.6 Å². The van der Waals surface area contributed by atoms with Crippen molar-refractivity contribution in [1.82, 2.24) is 15.4 Å². The zero-order valence-corrected chi connectivity index (χ0v) is 16.1. The average Bonchev–Trinajstić information content (AvgIpc) is 2.59. The molecule has 1 heterocycles. The summed E-state index contributed by atoms with van der Waals surface area (Å²) in [6, 6.07) is 6.07. The number of carbonyl (C=O) groups excluding carboxylic acids is 1. The van der Waals surface area contributed by atoms with Crippen molar-refractivity contribution in [3.8, 4) is 0 Å². The molecule has 0 unspecified atom stereocenters. The maximum atomic E-state index is 12.3. The number of benzene rings is 1. The third kappa shape index (κ3) is 5.80. The largest absolute Gasteiger partial charge is 0.351 e. The Bertz CT molecular complexity index is 678. The molecule has 1 amide bonds. The van der Waals surface area contributed by atoms with Gasteiger partial charge in [0.15, 0.2) is 0 Å². The van der Waals surface area contributed by atoms with E-state index in [0.29, 0.717) is 18.7 Å². The van der Waals surface area contributed by atoms with E-state index in [1.165, 1.54) is 12.1 Å². The van der Waals surface area contributed by atoms with Crippen LogP contribution in [-0.4, -0.2) is 40.5 Å². The molecule has 0 saturated carbocycles. The summed E-state index contributed by atoms with van der Waals surface area (Å²) < 4.78 is 26.9. The van der Waals surface area contributed by atoms with Crippen LogP contribution in [0, 0.1) is 11.3 Å². The first-order valence-electron chi connectivity index (χ1n) is 8.80. The summed E-state index contributed by atoms with van der Waals surface area (Å²) in [4.78, 5) is 12.5. The second-order valence-electron chi connectivity index (χ2n) is 7.51. The van der Waals surface area contributed by atoms with Gasteiger partial charge in [0, 0.05) is 18.7 Å². The smallest absolute Gasteiger partial charge is 0.251 e. The van der Waals surface area contributed by atoms with Gasteiger partial charge in [-0.25, -0.2) is 13.1 Å². The second kappa shape index (κ2) is 8.29. The molecule has 0 bridgehead atoms. The zero-order chi connectivity index (χ0) is 18.5. The Morgan fingerprint density at radius 2 is 1.80 bits per heavy atom. The number of carbonyl (C=O) groups is 1. The van der Waals surface area contributed by atoms with Crippen LogP contribution in [0.1, 0.15) is 44.0 Å². The molecular weight excluding hydrogens is 338 g/mol. The van der Waals surface area contributed by atoms with Crippen LogP contribution in [0.25, 0.3) is 0 Å². The van der Waals surface area contributed by atoms with E-state index in [9.17, 15) is 13.2 Å². The van der Waals surface area contributed by atoms with Crippen molar-refractivity contribution in [2.24, 2.45) is 11.3 Å². The van der Waals surface area contributed by atoms with Crippen LogP contribution in [0.5, 0.6) is 0 Å². The lowest BCUT2D eigenvalue weighted by Gasteiger charge is -2.34. The monoisotopic (exact) mass is 367 g/mol. The van der Waals surface area contributed by atoms with Crippen molar-refractivity contribution in [1.29, 1.82) is 0 Å². The van der Waals surface area contributed by atoms with Crippen LogP contribution in [0.4, 0.5) is 0 Å². The van der Waals surface area contributed by atoms with E-state index >= 15 is 0 Å². The minimum Gasteiger partial charge on any atom is -0.351 e. The first kappa shape index (κ1) is 19.9. The molecule has 0 aromatic heterocycles. The summed E-state index contributed by atoms with van der Waals surface area (Å²) in [6.45, 7) is 9.04. The van der Waals surface area contributed by atoms with E-state index in [1.54, 1.807) is 12.1 Å². The summed E-state index contributed by atoms with van der Waals surface area (Å²) in [5, 5.41) is 6.30. The molecule has 2 rings (SSSR count). The highest BCUT2D eigenvalue weighted by Gasteiger charge is 2.27. The van der Waals surface area contributed by atoms with E-state index in [2.05, 4.69) is 22.3 Å². The van der Waals surface area contributed by atoms with Crippen LogP contribution >= 0.6 is 0 Å². The van der Waals surface area contributed by atoms with Crippen LogP contribution < -0.4 is 15.4 Å². The third-order valence-corrected chi connectivity index (χ3v) is 6.03. The minimum atomic E-state index is -3.53. The van der Waals surface area contributed by atoms with Crippen LogP contribution in [-0.2, 0) is 10.0 Å². The average molecular weight is 368 g/mol. The molecular formula is C18H29N3O3S. The van der Waals surface area contributed by atoms with E-state index < -0.39 is 10.0 Å². The Kier molecular flexibility index (Phi) is 6.59. The number of amides is 1. The molecule has 1 aliphatic rings. The topological polar surface area (TPSA) is 87.3 Å². The molecule has 1 saturated heterocycles. The molecule has 6 nitrogen and oxygen atoms in total. The standard InChI is InChI=1S/C18H29N3O3S/c1-14(2)12-21-25(23,24)16-6-4-15(5-7-16)17(22)20-13-18(3)8-10-19-11-9-18/h4-7,14,19,21H,8-13H2,1-3H3,(H,20,22). The number of hydrogen-bond donors (Lipinski definition) is 3. The number of piperidine rings is 1. The maximum Gasteiger partial charge on any atom is 0.251 e. The normalized spacial score (nSPS) is 17.4. The Balaban J connectivity index is 1.95. The molecule has 1 fully saturated rings. The van der Waals surface area contributed by atoms with Crippen molar-refractivity contribution in [3.05, 3.63) is 29.8 Å². The Labute approximate surface area is 150 Å². The molecule has 1 aliphatic heterocycles. The number of sulfonamides is 1. The fraction of sp³-hybridized carbons (Fsp3) is 0.611. The highest BCUT2D eigenvalue weighted by molar-refractivity contribution is 7.89. The van der Waals surface area contributed by atoms with Crippen molar-refractivity contribution in [2.45, 2.75) is 38.5 Å². The fourth-order valence-electron chi connectivity index (χ4n) is 2.75. The summed E-state index contributed by atoms with van der Waals surface area (Å²) in [7, 11) is -3.53. The van der Waals surface area contributed by atoms with E-state index in [-0.39, 0.29) is 22.1 Å². The SMILES string of the molecule is CC(C)CNS(=O)(=O)c1ccc(C(=O)NCC2(C)CCNCC2)cc1. The molecule has 0 radical (unpaired) electrons. The van der Waals surface area contributed by atoms with Crippen molar-refractivity contribution >= 4 is 15.9 Å². The lowest BCUT2D eigenvalue weighted by atomic mass is 9.81. The lowest BCUT2D eigenvalue weighted by molar-refractivity contribution is 0.0922. The van der Waals surface area contributed by atoms with Gasteiger partial charge in [-0.3, -0.25) is 4.79 Å². The summed E-state index contributed by atoms with van der Waals surface area (Å²) >= 11 is 0. The zero-order valence-electron chi connectivity index (χ0n) is 15.3. The maximum absolute atomic E-state index is 12.3. The Morgan fingerprint density at radius 1 is 1.20 bits per heavy atom. The minimum absolute atomic E-state index is 0.116. The molecule has 25 heavy (non-hydrogen) atoms. The van der Waals surface area contributed by atoms with Gasteiger partial charge in [0.2, 0.25) is 10.0 Å². The summed E-state index contributed by atoms with van der Waals surface area (Å²) in [6.07, 6.45) is 2.07. The van der Waals surface area contributed by atoms with Crippen LogP contribution in [0.3, 0.4) is 0 Å². The Hall–Kier alpha value is -1.44. The molecule has 0 aliphatic carbocycles. The predicted molar refractivity (Wildman–Crippen MR) is 99.0 cm³/mol. The van der Waals surface area contributed by atoms with E-state index in [4.69, 9.17) is 0 Å². The molecule has 1 aromatic rings. The van der Waals surface area contributed by atoms with Gasteiger partial charge in [0.25, 0.3) is 5.91 Å². The molecule has 7 heteroatoms. The van der Waals surface area contributed by atoms with Crippen molar-refractivity contribution in [2.75, 3.05) is 26.2 Å². The highest BCUT2D eigenvalue weighted by atomic mass is 32.2. The Morgan fingerprint density at radius 3 is 2.36 bits per heavy atom. The predicted octanol–water partition coefficient (Wildman–Crippen LogP) is 1.74. The highest BCUT2D eigenvalue weighted by Crippen LogP contribution is 2.26. The van der Waals surface area contributed by atoms with E-state index in [0.717, 1.165) is 25.9 Å². The number of hydrogen-bond acceptors (Lipinski definition) is 4. The summed E-state index contributed by atoms with van der Waals surface area (Å²) in [5.74, 6) is 0.0648. The molecule has 0 atom stereocenters. The van der Waals surface area contributed by atoms with Gasteiger partial charge in [-0.15, -0.1) is 0 Å².